The topological polar surface area (TPSA) is 65.9 Å². The van der Waals surface area contributed by atoms with Gasteiger partial charge in [0, 0.05) is 18.6 Å². The largest absolute Gasteiger partial charge is 1.00 e. The van der Waals surface area contributed by atoms with Crippen LogP contribution < -0.4 is 24.0 Å². The predicted molar refractivity (Wildman–Crippen MR) is 30.7 cm³/mol. The second-order valence-electron chi connectivity index (χ2n) is 1.80. The molecule has 0 bridgehead atoms. The number of carboxylic acid groups (broad SMARTS) is 1. The van der Waals surface area contributed by atoms with E-state index in [0.717, 1.165) is 0 Å². The zero-order valence-electron chi connectivity index (χ0n) is 6.15. The summed E-state index contributed by atoms with van der Waals surface area (Å²) in [4.78, 5) is 10.0. The van der Waals surface area contributed by atoms with Crippen LogP contribution in [0.3, 0.4) is 0 Å². The molecule has 0 aliphatic rings. The van der Waals surface area contributed by atoms with Crippen LogP contribution in [0.25, 0.3) is 0 Å². The average molecular weight is 144 g/mol. The van der Waals surface area contributed by atoms with Gasteiger partial charge < -0.3 is 9.90 Å². The van der Waals surface area contributed by atoms with Gasteiger partial charge in [0.05, 0.1) is 6.20 Å². The number of carbonyl (C=O) groups excluding carboxylic acids is 1. The molecular weight excluding hydrogens is 139 g/mol. The number of aromatic nitrogens is 2. The SMILES string of the molecule is O=C([O-])Cc1ccnnc1.[Li+]. The first kappa shape index (κ1) is 10.1. The third kappa shape index (κ3) is 3.76. The van der Waals surface area contributed by atoms with Crippen molar-refractivity contribution in [2.24, 2.45) is 0 Å². The van der Waals surface area contributed by atoms with Crippen molar-refractivity contribution in [1.82, 2.24) is 10.2 Å². The number of carboxylic acids is 1. The molecule has 0 amide bonds. The van der Waals surface area contributed by atoms with Gasteiger partial charge >= 0.3 is 18.9 Å². The van der Waals surface area contributed by atoms with Gasteiger partial charge in [-0.3, -0.25) is 0 Å². The van der Waals surface area contributed by atoms with Crippen LogP contribution in [-0.2, 0) is 11.2 Å². The second-order valence-corrected chi connectivity index (χ2v) is 1.80. The van der Waals surface area contributed by atoms with Crippen molar-refractivity contribution in [1.29, 1.82) is 0 Å². The van der Waals surface area contributed by atoms with E-state index in [1.165, 1.54) is 12.4 Å². The quantitative estimate of drug-likeness (QED) is 0.394. The Morgan fingerprint density at radius 2 is 2.27 bits per heavy atom. The van der Waals surface area contributed by atoms with Crippen molar-refractivity contribution in [3.63, 3.8) is 0 Å². The molecule has 11 heavy (non-hydrogen) atoms. The summed E-state index contributed by atoms with van der Waals surface area (Å²) in [5.74, 6) is -1.10. The Morgan fingerprint density at radius 3 is 2.73 bits per heavy atom. The van der Waals surface area contributed by atoms with E-state index in [-0.39, 0.29) is 25.3 Å². The molecule has 0 aromatic carbocycles. The zero-order valence-corrected chi connectivity index (χ0v) is 6.15. The standard InChI is InChI=1S/C6H6N2O2.Li/c9-6(10)3-5-1-2-7-8-4-5;/h1-2,4H,3H2,(H,9,10);/q;+1/p-1. The van der Waals surface area contributed by atoms with E-state index in [0.29, 0.717) is 5.56 Å². The number of hydrogen-bond donors (Lipinski definition) is 0. The molecule has 0 unspecified atom stereocenters. The fourth-order valence-corrected chi connectivity index (χ4v) is 0.589. The maximum Gasteiger partial charge on any atom is 1.00 e. The summed E-state index contributed by atoms with van der Waals surface area (Å²) in [6.45, 7) is 0. The van der Waals surface area contributed by atoms with Crippen LogP contribution >= 0.6 is 0 Å². The third-order valence-electron chi connectivity index (χ3n) is 0.994. The van der Waals surface area contributed by atoms with E-state index in [4.69, 9.17) is 0 Å². The van der Waals surface area contributed by atoms with Gasteiger partial charge in [-0.15, -0.1) is 0 Å². The van der Waals surface area contributed by atoms with Gasteiger partial charge in [-0.1, -0.05) is 0 Å². The van der Waals surface area contributed by atoms with E-state index in [1.807, 2.05) is 0 Å². The van der Waals surface area contributed by atoms with Crippen molar-refractivity contribution in [2.45, 2.75) is 6.42 Å². The minimum atomic E-state index is -1.10. The zero-order chi connectivity index (χ0) is 7.40. The van der Waals surface area contributed by atoms with Gasteiger partial charge in [-0.25, -0.2) is 0 Å². The van der Waals surface area contributed by atoms with Gasteiger partial charge in [0.1, 0.15) is 0 Å². The minimum Gasteiger partial charge on any atom is -0.550 e. The molecule has 1 heterocycles. The normalized spacial score (nSPS) is 8.36. The number of nitrogens with zero attached hydrogens (tertiary/aromatic N) is 2. The number of carbonyl (C=O) groups is 1. The van der Waals surface area contributed by atoms with Gasteiger partial charge in [0.25, 0.3) is 0 Å². The average Bonchev–Trinajstić information content (AvgIpc) is 1.88. The molecule has 0 N–H and O–H groups in total. The maximum absolute atomic E-state index is 10.0. The van der Waals surface area contributed by atoms with Gasteiger partial charge in [-0.2, -0.15) is 10.2 Å². The summed E-state index contributed by atoms with van der Waals surface area (Å²) < 4.78 is 0. The predicted octanol–water partition coefficient (Wildman–Crippen LogP) is -4.23. The van der Waals surface area contributed by atoms with Crippen LogP contribution in [-0.4, -0.2) is 16.2 Å². The Morgan fingerprint density at radius 1 is 1.55 bits per heavy atom. The van der Waals surface area contributed by atoms with E-state index < -0.39 is 5.97 Å². The van der Waals surface area contributed by atoms with Crippen LogP contribution in [0.2, 0.25) is 0 Å². The van der Waals surface area contributed by atoms with Gasteiger partial charge in [0.2, 0.25) is 0 Å². The molecule has 0 fully saturated rings. The summed E-state index contributed by atoms with van der Waals surface area (Å²) in [5, 5.41) is 17.0. The van der Waals surface area contributed by atoms with Crippen molar-refractivity contribution >= 4 is 5.97 Å². The summed E-state index contributed by atoms with van der Waals surface area (Å²) >= 11 is 0. The first-order chi connectivity index (χ1) is 4.79. The number of hydrogen-bond acceptors (Lipinski definition) is 4. The Kier molecular flexibility index (Phi) is 4.51. The Hall–Kier alpha value is -0.853. The monoisotopic (exact) mass is 144 g/mol. The van der Waals surface area contributed by atoms with Crippen LogP contribution in [0.1, 0.15) is 5.56 Å². The molecule has 0 aliphatic carbocycles. The molecule has 0 saturated carbocycles. The third-order valence-corrected chi connectivity index (χ3v) is 0.994. The van der Waals surface area contributed by atoms with Crippen LogP contribution in [0.4, 0.5) is 0 Å². The first-order valence-corrected chi connectivity index (χ1v) is 2.74. The van der Waals surface area contributed by atoms with Crippen molar-refractivity contribution in [2.75, 3.05) is 0 Å². The van der Waals surface area contributed by atoms with E-state index in [2.05, 4.69) is 10.2 Å². The first-order valence-electron chi connectivity index (χ1n) is 2.74. The second kappa shape index (κ2) is 4.89. The van der Waals surface area contributed by atoms with Gasteiger partial charge in [0.15, 0.2) is 0 Å². The van der Waals surface area contributed by atoms with E-state index in [9.17, 15) is 9.90 Å². The van der Waals surface area contributed by atoms with E-state index in [1.54, 1.807) is 6.07 Å². The minimum absolute atomic E-state index is 0. The molecule has 1 rings (SSSR count). The molecule has 5 heteroatoms. The maximum atomic E-state index is 10.0. The molecule has 52 valence electrons. The molecule has 1 aromatic rings. The molecule has 0 radical (unpaired) electrons. The Labute approximate surface area is 75.8 Å². The Balaban J connectivity index is 0.000001000. The molecule has 0 atom stereocenters. The number of rotatable bonds is 2. The smallest absolute Gasteiger partial charge is 0.550 e. The molecular formula is C6H5LiN2O2. The van der Waals surface area contributed by atoms with Crippen LogP contribution in [0.15, 0.2) is 18.5 Å². The van der Waals surface area contributed by atoms with Crippen molar-refractivity contribution in [3.8, 4) is 0 Å². The molecule has 0 spiro atoms. The van der Waals surface area contributed by atoms with Crippen LogP contribution in [0.5, 0.6) is 0 Å². The Bertz CT molecular complexity index is 227. The van der Waals surface area contributed by atoms with Crippen LogP contribution in [0, 0.1) is 0 Å². The summed E-state index contributed by atoms with van der Waals surface area (Å²) in [6.07, 6.45) is 2.74. The van der Waals surface area contributed by atoms with Crippen molar-refractivity contribution < 1.29 is 28.8 Å². The fraction of sp³-hybridized carbons (Fsp3) is 0.167. The molecule has 1 aromatic heterocycles. The van der Waals surface area contributed by atoms with E-state index >= 15 is 0 Å². The summed E-state index contributed by atoms with van der Waals surface area (Å²) in [5.41, 5.74) is 0.606. The van der Waals surface area contributed by atoms with Crippen molar-refractivity contribution in [3.05, 3.63) is 24.0 Å². The number of aliphatic carboxylic acids is 1. The molecule has 4 nitrogen and oxygen atoms in total. The summed E-state index contributed by atoms with van der Waals surface area (Å²) in [7, 11) is 0. The summed E-state index contributed by atoms with van der Waals surface area (Å²) in [6, 6.07) is 1.59. The molecule has 0 saturated heterocycles. The fourth-order valence-electron chi connectivity index (χ4n) is 0.589. The van der Waals surface area contributed by atoms with Gasteiger partial charge in [-0.05, 0) is 11.6 Å². The molecule has 0 aliphatic heterocycles.